The zero-order valence-corrected chi connectivity index (χ0v) is 26.0. The summed E-state index contributed by atoms with van der Waals surface area (Å²) in [6, 6.07) is 60.0. The largest absolute Gasteiger partial charge is 0.457 e. The third-order valence-corrected chi connectivity index (χ3v) is 9.93. The minimum absolute atomic E-state index is 0.541. The van der Waals surface area contributed by atoms with Crippen molar-refractivity contribution < 1.29 is 4.74 Å². The maximum Gasteiger partial charge on any atom is 0.160 e. The second-order valence-corrected chi connectivity index (χ2v) is 12.5. The van der Waals surface area contributed by atoms with Crippen molar-refractivity contribution >= 4 is 10.8 Å². The molecule has 0 radical (unpaired) electrons. The van der Waals surface area contributed by atoms with Gasteiger partial charge in [-0.1, -0.05) is 146 Å². The van der Waals surface area contributed by atoms with E-state index in [0.717, 1.165) is 56.1 Å². The molecule has 1 aliphatic carbocycles. The molecule has 10 rings (SSSR count). The van der Waals surface area contributed by atoms with Gasteiger partial charge in [0.1, 0.15) is 11.5 Å². The van der Waals surface area contributed by atoms with E-state index in [1.807, 2.05) is 36.4 Å². The zero-order chi connectivity index (χ0) is 31.7. The van der Waals surface area contributed by atoms with Crippen molar-refractivity contribution in [3.63, 3.8) is 0 Å². The summed E-state index contributed by atoms with van der Waals surface area (Å²) in [6.45, 7) is 0. The number of hydrogen-bond acceptors (Lipinski definition) is 3. The molecule has 0 saturated heterocycles. The second kappa shape index (κ2) is 10.3. The molecular weight excluding hydrogens is 585 g/mol. The van der Waals surface area contributed by atoms with E-state index in [1.54, 1.807) is 0 Å². The van der Waals surface area contributed by atoms with Crippen molar-refractivity contribution in [3.05, 3.63) is 192 Å². The van der Waals surface area contributed by atoms with Crippen LogP contribution in [0.5, 0.6) is 11.5 Å². The second-order valence-electron chi connectivity index (χ2n) is 12.5. The van der Waals surface area contributed by atoms with Crippen LogP contribution >= 0.6 is 0 Å². The molecule has 2 heterocycles. The molecule has 8 aromatic rings. The van der Waals surface area contributed by atoms with Crippen LogP contribution in [0.25, 0.3) is 55.8 Å². The van der Waals surface area contributed by atoms with Crippen molar-refractivity contribution in [1.29, 1.82) is 0 Å². The van der Waals surface area contributed by atoms with E-state index in [1.165, 1.54) is 27.6 Å². The molecule has 0 saturated carbocycles. The lowest BCUT2D eigenvalue weighted by Crippen LogP contribution is -2.32. The highest BCUT2D eigenvalue weighted by molar-refractivity contribution is 5.93. The molecule has 2 aliphatic rings. The van der Waals surface area contributed by atoms with E-state index in [0.29, 0.717) is 5.82 Å². The molecule has 1 spiro atoms. The molecule has 0 bridgehead atoms. The summed E-state index contributed by atoms with van der Waals surface area (Å²) in [5.74, 6) is 2.35. The van der Waals surface area contributed by atoms with E-state index in [-0.39, 0.29) is 0 Å². The van der Waals surface area contributed by atoms with Gasteiger partial charge in [0.25, 0.3) is 0 Å². The molecule has 1 aromatic heterocycles. The Morgan fingerprint density at radius 2 is 0.896 bits per heavy atom. The molecule has 1 aliphatic heterocycles. The van der Waals surface area contributed by atoms with E-state index < -0.39 is 5.41 Å². The van der Waals surface area contributed by atoms with Gasteiger partial charge in [-0.25, -0.2) is 9.97 Å². The number of benzene rings is 7. The average Bonchev–Trinajstić information content (AvgIpc) is 3.45. The summed E-state index contributed by atoms with van der Waals surface area (Å²) >= 11 is 0. The standard InChI is InChI=1S/C45H28N2O/c1-3-13-29(14-4-1)40-28-41(30-15-5-2-6-16-30)47-44(46-40)33-23-24-38-42(27-33)48-43-26-32-18-8-7-17-31(32)25-39(43)45(38)36-21-11-9-19-34(36)35-20-10-12-22-37(35)45/h1-28H. The lowest BCUT2D eigenvalue weighted by molar-refractivity contribution is 0.437. The lowest BCUT2D eigenvalue weighted by Gasteiger charge is -2.39. The lowest BCUT2D eigenvalue weighted by atomic mass is 9.65. The van der Waals surface area contributed by atoms with Crippen LogP contribution in [0, 0.1) is 0 Å². The normalized spacial score (nSPS) is 13.3. The topological polar surface area (TPSA) is 35.0 Å². The fourth-order valence-corrected chi connectivity index (χ4v) is 7.82. The number of fused-ring (bicyclic) bond motifs is 10. The van der Waals surface area contributed by atoms with Crippen molar-refractivity contribution in [1.82, 2.24) is 9.97 Å². The molecule has 3 heteroatoms. The fourth-order valence-electron chi connectivity index (χ4n) is 7.82. The van der Waals surface area contributed by atoms with Gasteiger partial charge in [0.15, 0.2) is 5.82 Å². The first kappa shape index (κ1) is 26.9. The highest BCUT2D eigenvalue weighted by Crippen LogP contribution is 2.62. The highest BCUT2D eigenvalue weighted by atomic mass is 16.5. The Bertz CT molecular complexity index is 2440. The van der Waals surface area contributed by atoms with Crippen LogP contribution in [-0.4, -0.2) is 9.97 Å². The van der Waals surface area contributed by atoms with Gasteiger partial charge in [0.2, 0.25) is 0 Å². The maximum atomic E-state index is 6.94. The third kappa shape index (κ3) is 3.88. The number of rotatable bonds is 3. The van der Waals surface area contributed by atoms with Crippen molar-refractivity contribution in [2.24, 2.45) is 0 Å². The minimum Gasteiger partial charge on any atom is -0.457 e. The van der Waals surface area contributed by atoms with E-state index in [4.69, 9.17) is 14.7 Å². The van der Waals surface area contributed by atoms with Gasteiger partial charge in [-0.05, 0) is 57.3 Å². The van der Waals surface area contributed by atoms with Gasteiger partial charge in [0.05, 0.1) is 16.8 Å². The molecule has 48 heavy (non-hydrogen) atoms. The number of ether oxygens (including phenoxy) is 1. The van der Waals surface area contributed by atoms with Crippen LogP contribution in [0.4, 0.5) is 0 Å². The summed E-state index contributed by atoms with van der Waals surface area (Å²) in [5, 5.41) is 2.35. The van der Waals surface area contributed by atoms with E-state index >= 15 is 0 Å². The predicted molar refractivity (Wildman–Crippen MR) is 193 cm³/mol. The van der Waals surface area contributed by atoms with Crippen LogP contribution in [0.1, 0.15) is 22.3 Å². The molecular formula is C45H28N2O. The molecule has 0 unspecified atom stereocenters. The first-order valence-corrected chi connectivity index (χ1v) is 16.3. The summed E-state index contributed by atoms with van der Waals surface area (Å²) in [6.07, 6.45) is 0. The smallest absolute Gasteiger partial charge is 0.160 e. The van der Waals surface area contributed by atoms with Gasteiger partial charge >= 0.3 is 0 Å². The van der Waals surface area contributed by atoms with Gasteiger partial charge in [0, 0.05) is 27.8 Å². The average molecular weight is 613 g/mol. The Kier molecular flexibility index (Phi) is 5.79. The Labute approximate surface area is 278 Å². The van der Waals surface area contributed by atoms with Crippen molar-refractivity contribution in [2.45, 2.75) is 5.41 Å². The maximum absolute atomic E-state index is 6.94. The predicted octanol–water partition coefficient (Wildman–Crippen LogP) is 11.1. The van der Waals surface area contributed by atoms with E-state index in [9.17, 15) is 0 Å². The van der Waals surface area contributed by atoms with Crippen LogP contribution in [0.3, 0.4) is 0 Å². The van der Waals surface area contributed by atoms with Crippen LogP contribution in [0.15, 0.2) is 170 Å². The summed E-state index contributed by atoms with van der Waals surface area (Å²) in [5.41, 5.74) is 11.6. The highest BCUT2D eigenvalue weighted by Gasteiger charge is 2.51. The monoisotopic (exact) mass is 612 g/mol. The summed E-state index contributed by atoms with van der Waals surface area (Å²) < 4.78 is 6.94. The minimum atomic E-state index is -0.541. The summed E-state index contributed by atoms with van der Waals surface area (Å²) in [4.78, 5) is 10.3. The van der Waals surface area contributed by atoms with Crippen molar-refractivity contribution in [2.75, 3.05) is 0 Å². The molecule has 0 atom stereocenters. The van der Waals surface area contributed by atoms with Crippen LogP contribution in [-0.2, 0) is 5.41 Å². The quantitative estimate of drug-likeness (QED) is 0.199. The van der Waals surface area contributed by atoms with Gasteiger partial charge < -0.3 is 4.74 Å². The Hall–Kier alpha value is -6.32. The number of hydrogen-bond donors (Lipinski definition) is 0. The fraction of sp³-hybridized carbons (Fsp3) is 0.0222. The molecule has 7 aromatic carbocycles. The molecule has 0 N–H and O–H groups in total. The first-order valence-electron chi connectivity index (χ1n) is 16.3. The molecule has 0 fully saturated rings. The van der Waals surface area contributed by atoms with Crippen molar-refractivity contribution in [3.8, 4) is 56.5 Å². The number of nitrogens with zero attached hydrogens (tertiary/aromatic N) is 2. The SMILES string of the molecule is c1ccc(-c2cc(-c3ccccc3)nc(-c3ccc4c(c3)Oc3cc5ccccc5cc3C43c4ccccc4-c4ccccc43)n2)cc1. The Morgan fingerprint density at radius 1 is 0.375 bits per heavy atom. The Morgan fingerprint density at radius 3 is 1.52 bits per heavy atom. The zero-order valence-electron chi connectivity index (χ0n) is 26.0. The molecule has 224 valence electrons. The molecule has 3 nitrogen and oxygen atoms in total. The molecule has 0 amide bonds. The van der Waals surface area contributed by atoms with Crippen LogP contribution < -0.4 is 4.74 Å². The summed E-state index contributed by atoms with van der Waals surface area (Å²) in [7, 11) is 0. The van der Waals surface area contributed by atoms with E-state index in [2.05, 4.69) is 133 Å². The number of aromatic nitrogens is 2. The van der Waals surface area contributed by atoms with Gasteiger partial charge in [-0.3, -0.25) is 0 Å². The Balaban J connectivity index is 1.24. The van der Waals surface area contributed by atoms with Crippen LogP contribution in [0.2, 0.25) is 0 Å². The first-order chi connectivity index (χ1) is 23.8. The third-order valence-electron chi connectivity index (χ3n) is 9.93. The van der Waals surface area contributed by atoms with Gasteiger partial charge in [-0.2, -0.15) is 0 Å². The van der Waals surface area contributed by atoms with Gasteiger partial charge in [-0.15, -0.1) is 0 Å².